The predicted octanol–water partition coefficient (Wildman–Crippen LogP) is -0.720. The lowest BCUT2D eigenvalue weighted by Gasteiger charge is -2.31. The molecule has 0 saturated carbocycles. The first-order chi connectivity index (χ1) is 23.7. The van der Waals surface area contributed by atoms with Crippen LogP contribution in [0.2, 0.25) is 0 Å². The molecule has 0 radical (unpaired) electrons. The van der Waals surface area contributed by atoms with Crippen LogP contribution in [0.3, 0.4) is 0 Å². The number of fused-ring (bicyclic) bond motifs is 1. The number of nitrogens with zero attached hydrogens (tertiary/aromatic N) is 1. The summed E-state index contributed by atoms with van der Waals surface area (Å²) in [4.78, 5) is 95.9. The van der Waals surface area contributed by atoms with Gasteiger partial charge in [-0.15, -0.1) is 11.8 Å². The van der Waals surface area contributed by atoms with Gasteiger partial charge in [0, 0.05) is 11.4 Å². The Balaban J connectivity index is 0.000000752. The molecular weight excluding hydrogens is 710 g/mol. The van der Waals surface area contributed by atoms with Gasteiger partial charge in [0.05, 0.1) is 62.4 Å². The zero-order valence-electron chi connectivity index (χ0n) is 26.4. The average molecular weight is 746 g/mol. The molecule has 22 heteroatoms. The van der Waals surface area contributed by atoms with E-state index in [0.29, 0.717) is 4.90 Å². The second-order valence-electron chi connectivity index (χ2n) is 10.2. The van der Waals surface area contributed by atoms with Gasteiger partial charge in [-0.05, 0) is 22.9 Å². The van der Waals surface area contributed by atoms with E-state index in [-0.39, 0.29) is 17.9 Å². The van der Waals surface area contributed by atoms with E-state index in [0.717, 1.165) is 27.4 Å². The van der Waals surface area contributed by atoms with Crippen molar-refractivity contribution in [1.29, 1.82) is 0 Å². The van der Waals surface area contributed by atoms with Crippen molar-refractivity contribution in [3.8, 4) is 0 Å². The Morgan fingerprint density at radius 2 is 1.04 bits per heavy atom. The number of aliphatic carboxylic acids is 8. The van der Waals surface area contributed by atoms with Gasteiger partial charge in [0.25, 0.3) is 0 Å². The van der Waals surface area contributed by atoms with E-state index in [1.54, 1.807) is 12.1 Å². The molecule has 0 aliphatic rings. The van der Waals surface area contributed by atoms with Crippen molar-refractivity contribution in [1.82, 2.24) is 15.5 Å². The SMILES string of the molecule is O=C(O)CN(CC(=O)O)CC(=O)O.O=C(O)CNCC(CC(=O)O)(CC(=O)O)NCC(=O)O.O=C(O)CSc1cc2ccccc2cc1C(=O)O. The molecule has 0 spiro atoms. The summed E-state index contributed by atoms with van der Waals surface area (Å²) in [5.74, 6) is -11.1. The number of nitrogens with one attached hydrogen (secondary N) is 2. The number of rotatable bonds is 21. The van der Waals surface area contributed by atoms with Crippen molar-refractivity contribution in [3.63, 3.8) is 0 Å². The maximum absolute atomic E-state index is 11.1. The summed E-state index contributed by atoms with van der Waals surface area (Å²) in [6, 6.07) is 10.7. The smallest absolute Gasteiger partial charge is 0.336 e. The molecule has 0 bridgehead atoms. The van der Waals surface area contributed by atoms with Crippen molar-refractivity contribution < 1.29 is 89.1 Å². The summed E-state index contributed by atoms with van der Waals surface area (Å²) in [5, 5.41) is 83.8. The number of hydrogen-bond donors (Lipinski definition) is 11. The van der Waals surface area contributed by atoms with Crippen LogP contribution >= 0.6 is 11.8 Å². The highest BCUT2D eigenvalue weighted by Gasteiger charge is 2.35. The molecule has 0 unspecified atom stereocenters. The molecule has 0 aliphatic carbocycles. The maximum Gasteiger partial charge on any atom is 0.336 e. The first kappa shape index (κ1) is 45.2. The zero-order valence-corrected chi connectivity index (χ0v) is 27.2. The van der Waals surface area contributed by atoms with Crippen LogP contribution in [0.15, 0.2) is 41.3 Å². The van der Waals surface area contributed by atoms with Gasteiger partial charge in [0.2, 0.25) is 0 Å². The Labute approximate surface area is 291 Å². The second kappa shape index (κ2) is 22.7. The first-order valence-electron chi connectivity index (χ1n) is 14.0. The van der Waals surface area contributed by atoms with E-state index < -0.39 is 105 Å². The van der Waals surface area contributed by atoms with Crippen molar-refractivity contribution in [2.24, 2.45) is 0 Å². The fourth-order valence-electron chi connectivity index (χ4n) is 4.01. The summed E-state index contributed by atoms with van der Waals surface area (Å²) < 4.78 is 0. The number of hydrogen-bond acceptors (Lipinski definition) is 13. The Hall–Kier alpha value is -5.84. The number of carboxylic acid groups (broad SMARTS) is 9. The average Bonchev–Trinajstić information content (AvgIpc) is 2.97. The largest absolute Gasteiger partial charge is 0.481 e. The third-order valence-corrected chi connectivity index (χ3v) is 6.88. The molecule has 2 aromatic carbocycles. The topological polar surface area (TPSA) is 363 Å². The first-order valence-corrected chi connectivity index (χ1v) is 15.0. The molecule has 21 nitrogen and oxygen atoms in total. The Morgan fingerprint density at radius 1 is 0.588 bits per heavy atom. The molecule has 0 aliphatic heterocycles. The van der Waals surface area contributed by atoms with Gasteiger partial charge in [0.1, 0.15) is 0 Å². The summed E-state index contributed by atoms with van der Waals surface area (Å²) in [5.41, 5.74) is -1.45. The number of carbonyl (C=O) groups is 9. The van der Waals surface area contributed by atoms with E-state index in [4.69, 9.17) is 46.0 Å². The summed E-state index contributed by atoms with van der Waals surface area (Å²) in [6.07, 6.45) is -1.33. The third kappa shape index (κ3) is 21.0. The Bertz CT molecular complexity index is 1540. The van der Waals surface area contributed by atoms with Crippen LogP contribution in [0.5, 0.6) is 0 Å². The lowest BCUT2D eigenvalue weighted by molar-refractivity contribution is -0.146. The lowest BCUT2D eigenvalue weighted by atomic mass is 9.90. The number of benzene rings is 2. The highest BCUT2D eigenvalue weighted by Crippen LogP contribution is 2.28. The molecule has 0 atom stereocenters. The normalized spacial score (nSPS) is 10.5. The molecule has 2 aromatic rings. The molecule has 11 N–H and O–H groups in total. The molecule has 51 heavy (non-hydrogen) atoms. The van der Waals surface area contributed by atoms with E-state index in [9.17, 15) is 43.2 Å². The second-order valence-corrected chi connectivity index (χ2v) is 11.2. The quantitative estimate of drug-likeness (QED) is 0.0702. The lowest BCUT2D eigenvalue weighted by Crippen LogP contribution is -2.56. The Kier molecular flexibility index (Phi) is 20.1. The standard InChI is InChI=1S/C13H10O4S.C10H16N2O8.C6H9NO6/c14-12(15)7-18-11-6-9-4-2-1-3-8(9)5-10(11)13(16)17;13-6(14)1-10(2-7(15)16,12-4-9(19)20)5-11-3-8(17)18;8-4(9)1-7(2-5(10)11)3-6(12)13/h1-6H,7H2,(H,14,15)(H,16,17);11-12H,1-5H2,(H,13,14)(H,15,16)(H,17,18)(H,19,20);1-3H2,(H,8,9)(H,10,11)(H,12,13). The van der Waals surface area contributed by atoms with Crippen LogP contribution in [-0.2, 0) is 38.4 Å². The molecule has 280 valence electrons. The molecule has 0 fully saturated rings. The van der Waals surface area contributed by atoms with Gasteiger partial charge in [-0.1, -0.05) is 24.3 Å². The van der Waals surface area contributed by atoms with Crippen molar-refractivity contribution >= 4 is 76.3 Å². The summed E-state index contributed by atoms with van der Waals surface area (Å²) in [7, 11) is 0. The van der Waals surface area contributed by atoms with Crippen molar-refractivity contribution in [2.45, 2.75) is 23.3 Å². The minimum atomic E-state index is -1.59. The van der Waals surface area contributed by atoms with Gasteiger partial charge in [0.15, 0.2) is 0 Å². The summed E-state index contributed by atoms with van der Waals surface area (Å²) in [6.45, 7) is -3.26. The van der Waals surface area contributed by atoms with Gasteiger partial charge in [-0.2, -0.15) is 0 Å². The minimum absolute atomic E-state index is 0.139. The molecule has 0 aromatic heterocycles. The van der Waals surface area contributed by atoms with Crippen LogP contribution in [-0.4, -0.2) is 155 Å². The molecule has 0 amide bonds. The van der Waals surface area contributed by atoms with Crippen molar-refractivity contribution in [3.05, 3.63) is 42.0 Å². The fourth-order valence-corrected chi connectivity index (χ4v) is 4.80. The Morgan fingerprint density at radius 3 is 1.41 bits per heavy atom. The van der Waals surface area contributed by atoms with E-state index in [1.165, 1.54) is 0 Å². The molecule has 2 rings (SSSR count). The molecule has 0 saturated heterocycles. The monoisotopic (exact) mass is 745 g/mol. The highest BCUT2D eigenvalue weighted by atomic mass is 32.2. The zero-order chi connectivity index (χ0) is 39.3. The molecule has 0 heterocycles. The number of aromatic carboxylic acids is 1. The van der Waals surface area contributed by atoms with Crippen LogP contribution in [0, 0.1) is 0 Å². The maximum atomic E-state index is 11.1. The van der Waals surface area contributed by atoms with Crippen LogP contribution in [0.25, 0.3) is 10.8 Å². The van der Waals surface area contributed by atoms with Gasteiger partial charge in [-0.3, -0.25) is 48.6 Å². The van der Waals surface area contributed by atoms with Crippen LogP contribution < -0.4 is 10.6 Å². The van der Waals surface area contributed by atoms with E-state index in [2.05, 4.69) is 10.6 Å². The van der Waals surface area contributed by atoms with Gasteiger partial charge in [-0.25, -0.2) is 4.79 Å². The van der Waals surface area contributed by atoms with E-state index in [1.807, 2.05) is 24.3 Å². The van der Waals surface area contributed by atoms with Crippen molar-refractivity contribution in [2.75, 3.05) is 45.0 Å². The summed E-state index contributed by atoms with van der Waals surface area (Å²) >= 11 is 1.02. The van der Waals surface area contributed by atoms with Crippen LogP contribution in [0.4, 0.5) is 0 Å². The highest BCUT2D eigenvalue weighted by molar-refractivity contribution is 8.00. The van der Waals surface area contributed by atoms with E-state index >= 15 is 0 Å². The molecular formula is C29H35N3O18S. The predicted molar refractivity (Wildman–Crippen MR) is 172 cm³/mol. The van der Waals surface area contributed by atoms with Gasteiger partial charge >= 0.3 is 53.7 Å². The van der Waals surface area contributed by atoms with Crippen LogP contribution in [0.1, 0.15) is 23.2 Å². The minimum Gasteiger partial charge on any atom is -0.481 e. The van der Waals surface area contributed by atoms with Gasteiger partial charge < -0.3 is 51.3 Å². The number of carboxylic acids is 9. The fraction of sp³-hybridized carbons (Fsp3) is 0.345. The third-order valence-electron chi connectivity index (χ3n) is 5.84. The number of thioether (sulfide) groups is 1.